The molecule has 1 aliphatic rings. The maximum Gasteiger partial charge on any atom is 0.320 e. The molecule has 1 N–H and O–H groups in total. The molecular weight excluding hydrogens is 282 g/mol. The van der Waals surface area contributed by atoms with Crippen LogP contribution in [0.25, 0.3) is 0 Å². The molecule has 6 heteroatoms. The Morgan fingerprint density at radius 1 is 1.09 bits per heavy atom. The van der Waals surface area contributed by atoms with Crippen LogP contribution in [0.15, 0.2) is 0 Å². The molecule has 1 saturated heterocycles. The molecule has 1 aliphatic heterocycles. The van der Waals surface area contributed by atoms with E-state index < -0.39 is 5.60 Å². The van der Waals surface area contributed by atoms with Gasteiger partial charge in [-0.15, -0.1) is 0 Å². The number of hydrogen-bond donors (Lipinski definition) is 1. The van der Waals surface area contributed by atoms with Gasteiger partial charge in [0.15, 0.2) is 0 Å². The lowest BCUT2D eigenvalue weighted by Gasteiger charge is -2.34. The van der Waals surface area contributed by atoms with Crippen LogP contribution in [0.1, 0.15) is 41.0 Å². The van der Waals surface area contributed by atoms with Gasteiger partial charge in [0, 0.05) is 32.2 Å². The highest BCUT2D eigenvalue weighted by atomic mass is 16.6. The summed E-state index contributed by atoms with van der Waals surface area (Å²) in [6.07, 6.45) is 0.940. The molecule has 6 nitrogen and oxygen atoms in total. The fraction of sp³-hybridized carbons (Fsp3) is 0.875. The summed E-state index contributed by atoms with van der Waals surface area (Å²) < 4.78 is 5.33. The molecule has 0 aliphatic carbocycles. The molecule has 0 bridgehead atoms. The summed E-state index contributed by atoms with van der Waals surface area (Å²) in [6.45, 7) is 13.6. The molecule has 1 heterocycles. The van der Waals surface area contributed by atoms with Crippen LogP contribution in [0, 0.1) is 0 Å². The molecule has 1 amide bonds. The Labute approximate surface area is 134 Å². The minimum Gasteiger partial charge on any atom is -0.459 e. The molecule has 0 radical (unpaired) electrons. The Bertz CT molecular complexity index is 371. The van der Waals surface area contributed by atoms with Crippen LogP contribution in [0.4, 0.5) is 0 Å². The molecule has 1 atom stereocenters. The van der Waals surface area contributed by atoms with Crippen molar-refractivity contribution in [3.63, 3.8) is 0 Å². The first-order valence-corrected chi connectivity index (χ1v) is 8.15. The number of esters is 1. The van der Waals surface area contributed by atoms with Gasteiger partial charge in [0.05, 0.1) is 13.1 Å². The summed E-state index contributed by atoms with van der Waals surface area (Å²) >= 11 is 0. The Morgan fingerprint density at radius 3 is 2.05 bits per heavy atom. The lowest BCUT2D eigenvalue weighted by molar-refractivity contribution is -0.156. The van der Waals surface area contributed by atoms with Crippen LogP contribution in [-0.2, 0) is 14.3 Å². The van der Waals surface area contributed by atoms with Gasteiger partial charge in [0.1, 0.15) is 5.60 Å². The molecule has 0 aromatic heterocycles. The summed E-state index contributed by atoms with van der Waals surface area (Å²) in [6, 6.07) is 0.223. The zero-order valence-corrected chi connectivity index (χ0v) is 14.6. The molecule has 0 spiro atoms. The number of nitrogens with zero attached hydrogens (tertiary/aromatic N) is 2. The van der Waals surface area contributed by atoms with Crippen LogP contribution in [0.5, 0.6) is 0 Å². The summed E-state index contributed by atoms with van der Waals surface area (Å²) in [7, 11) is 0. The summed E-state index contributed by atoms with van der Waals surface area (Å²) in [5, 5.41) is 2.98. The number of rotatable bonds is 6. The fourth-order valence-electron chi connectivity index (χ4n) is 2.29. The fourth-order valence-corrected chi connectivity index (χ4v) is 2.29. The van der Waals surface area contributed by atoms with Crippen LogP contribution in [-0.4, -0.2) is 72.6 Å². The van der Waals surface area contributed by atoms with Gasteiger partial charge in [-0.3, -0.25) is 19.4 Å². The number of nitrogens with one attached hydrogen (secondary N) is 1. The van der Waals surface area contributed by atoms with E-state index in [-0.39, 0.29) is 17.9 Å². The van der Waals surface area contributed by atoms with E-state index in [1.165, 1.54) is 0 Å². The van der Waals surface area contributed by atoms with E-state index >= 15 is 0 Å². The Balaban J connectivity index is 2.26. The Kier molecular flexibility index (Phi) is 7.29. The third kappa shape index (κ3) is 7.75. The molecule has 1 fully saturated rings. The first-order chi connectivity index (χ1) is 10.2. The van der Waals surface area contributed by atoms with E-state index in [0.29, 0.717) is 13.1 Å². The molecular formula is C16H31N3O3. The summed E-state index contributed by atoms with van der Waals surface area (Å²) in [5.74, 6) is -0.106. The standard InChI is InChI=1S/C16H31N3O3/c1-6-13(2)17-14(20)11-18-7-9-19(10-8-18)12-15(21)22-16(3,4)5/h13H,6-12H2,1-5H3,(H,17,20). The molecule has 0 aromatic carbocycles. The lowest BCUT2D eigenvalue weighted by Crippen LogP contribution is -2.51. The van der Waals surface area contributed by atoms with Crippen molar-refractivity contribution < 1.29 is 14.3 Å². The highest BCUT2D eigenvalue weighted by Crippen LogP contribution is 2.08. The van der Waals surface area contributed by atoms with Crippen LogP contribution in [0.2, 0.25) is 0 Å². The number of amides is 1. The van der Waals surface area contributed by atoms with E-state index in [1.807, 2.05) is 27.7 Å². The van der Waals surface area contributed by atoms with Gasteiger partial charge in [0.25, 0.3) is 0 Å². The highest BCUT2D eigenvalue weighted by Gasteiger charge is 2.23. The van der Waals surface area contributed by atoms with Gasteiger partial charge in [-0.05, 0) is 34.1 Å². The third-order valence-electron chi connectivity index (χ3n) is 3.62. The van der Waals surface area contributed by atoms with E-state index in [1.54, 1.807) is 0 Å². The van der Waals surface area contributed by atoms with Gasteiger partial charge < -0.3 is 10.1 Å². The van der Waals surface area contributed by atoms with Gasteiger partial charge in [0.2, 0.25) is 5.91 Å². The maximum absolute atomic E-state index is 11.9. The summed E-state index contributed by atoms with van der Waals surface area (Å²) in [5.41, 5.74) is -0.438. The lowest BCUT2D eigenvalue weighted by atomic mass is 10.2. The minimum absolute atomic E-state index is 0.0787. The second kappa shape index (κ2) is 8.48. The van der Waals surface area contributed by atoms with Crippen molar-refractivity contribution in [3.05, 3.63) is 0 Å². The van der Waals surface area contributed by atoms with Gasteiger partial charge in [-0.2, -0.15) is 0 Å². The number of carbonyl (C=O) groups excluding carboxylic acids is 2. The quantitative estimate of drug-likeness (QED) is 0.737. The SMILES string of the molecule is CCC(C)NC(=O)CN1CCN(CC(=O)OC(C)(C)C)CC1. The number of piperazine rings is 1. The largest absolute Gasteiger partial charge is 0.459 e. The van der Waals surface area contributed by atoms with E-state index in [2.05, 4.69) is 22.0 Å². The van der Waals surface area contributed by atoms with Crippen molar-refractivity contribution in [2.24, 2.45) is 0 Å². The van der Waals surface area contributed by atoms with E-state index in [9.17, 15) is 9.59 Å². The van der Waals surface area contributed by atoms with Crippen molar-refractivity contribution in [3.8, 4) is 0 Å². The van der Waals surface area contributed by atoms with Gasteiger partial charge >= 0.3 is 5.97 Å². The smallest absolute Gasteiger partial charge is 0.320 e. The predicted octanol–water partition coefficient (Wildman–Crippen LogP) is 0.860. The number of ether oxygens (including phenoxy) is 1. The second-order valence-corrected chi connectivity index (χ2v) is 7.02. The zero-order chi connectivity index (χ0) is 16.8. The molecule has 0 saturated carbocycles. The Morgan fingerprint density at radius 2 is 1.59 bits per heavy atom. The molecule has 1 unspecified atom stereocenters. The van der Waals surface area contributed by atoms with Crippen molar-refractivity contribution in [2.75, 3.05) is 39.3 Å². The first kappa shape index (κ1) is 18.9. The van der Waals surface area contributed by atoms with Crippen molar-refractivity contribution in [2.45, 2.75) is 52.7 Å². The molecule has 0 aromatic rings. The van der Waals surface area contributed by atoms with Crippen LogP contribution >= 0.6 is 0 Å². The zero-order valence-electron chi connectivity index (χ0n) is 14.6. The predicted molar refractivity (Wildman–Crippen MR) is 86.6 cm³/mol. The average Bonchev–Trinajstić information content (AvgIpc) is 2.38. The van der Waals surface area contributed by atoms with Gasteiger partial charge in [-0.1, -0.05) is 6.92 Å². The van der Waals surface area contributed by atoms with Crippen LogP contribution < -0.4 is 5.32 Å². The summed E-state index contributed by atoms with van der Waals surface area (Å²) in [4.78, 5) is 27.9. The first-order valence-electron chi connectivity index (χ1n) is 8.15. The molecule has 22 heavy (non-hydrogen) atoms. The average molecular weight is 313 g/mol. The van der Waals surface area contributed by atoms with E-state index in [4.69, 9.17) is 4.74 Å². The highest BCUT2D eigenvalue weighted by molar-refractivity contribution is 5.78. The third-order valence-corrected chi connectivity index (χ3v) is 3.62. The topological polar surface area (TPSA) is 61.9 Å². The molecule has 128 valence electrons. The number of hydrogen-bond acceptors (Lipinski definition) is 5. The van der Waals surface area contributed by atoms with Gasteiger partial charge in [-0.25, -0.2) is 0 Å². The maximum atomic E-state index is 11.9. The number of carbonyl (C=O) groups is 2. The second-order valence-electron chi connectivity index (χ2n) is 7.02. The van der Waals surface area contributed by atoms with Crippen molar-refractivity contribution >= 4 is 11.9 Å². The van der Waals surface area contributed by atoms with E-state index in [0.717, 1.165) is 32.6 Å². The Hall–Kier alpha value is -1.14. The minimum atomic E-state index is -0.438. The monoisotopic (exact) mass is 313 g/mol. The van der Waals surface area contributed by atoms with Crippen molar-refractivity contribution in [1.82, 2.24) is 15.1 Å². The normalized spacial score (nSPS) is 18.8. The van der Waals surface area contributed by atoms with Crippen molar-refractivity contribution in [1.29, 1.82) is 0 Å². The molecule has 1 rings (SSSR count). The van der Waals surface area contributed by atoms with Crippen LogP contribution in [0.3, 0.4) is 0 Å².